The van der Waals surface area contributed by atoms with Gasteiger partial charge in [0.2, 0.25) is 17.7 Å². The number of benzene rings is 1. The lowest BCUT2D eigenvalue weighted by Crippen LogP contribution is -2.45. The van der Waals surface area contributed by atoms with Gasteiger partial charge < -0.3 is 15.1 Å². The summed E-state index contributed by atoms with van der Waals surface area (Å²) in [5, 5.41) is 16.7. The molecule has 8 rings (SSSR count). The molecule has 3 atom stereocenters. The lowest BCUT2D eigenvalue weighted by molar-refractivity contribution is -0.138. The van der Waals surface area contributed by atoms with Crippen LogP contribution in [0.4, 0.5) is 20.2 Å². The molecule has 0 unspecified atom stereocenters. The molecular formula is C36H42F2N8O4. The number of aromatic nitrogens is 4. The number of nitrogens with zero attached hydrogens (tertiary/aromatic N) is 5. The zero-order chi connectivity index (χ0) is 34.8. The van der Waals surface area contributed by atoms with Gasteiger partial charge in [0.25, 0.3) is 11.8 Å². The Balaban J connectivity index is 0.779. The SMILES string of the molecule is C[C@@]12Cc3[nH]nc(C(=O)Nc4cnn(CC5CCN(C(=O)C6CCN(c7ccc([C@H]8CCC(=O)NC8=O)cc7)CC6)CC5)c4)c3C[C@@H]1C2(F)F. The molecule has 0 radical (unpaired) electrons. The van der Waals surface area contributed by atoms with Crippen LogP contribution >= 0.6 is 0 Å². The van der Waals surface area contributed by atoms with E-state index in [9.17, 15) is 28.0 Å². The van der Waals surface area contributed by atoms with E-state index in [0.717, 1.165) is 50.0 Å². The van der Waals surface area contributed by atoms with Gasteiger partial charge in [-0.15, -0.1) is 0 Å². The van der Waals surface area contributed by atoms with Gasteiger partial charge >= 0.3 is 0 Å². The van der Waals surface area contributed by atoms with Crippen molar-refractivity contribution in [1.29, 1.82) is 0 Å². The van der Waals surface area contributed by atoms with E-state index >= 15 is 0 Å². The second-order valence-corrected chi connectivity index (χ2v) is 15.0. The number of anilines is 2. The van der Waals surface area contributed by atoms with Crippen LogP contribution in [0.5, 0.6) is 0 Å². The van der Waals surface area contributed by atoms with Gasteiger partial charge in [-0.05, 0) is 62.1 Å². The van der Waals surface area contributed by atoms with Gasteiger partial charge in [0.05, 0.1) is 17.8 Å². The molecule has 5 aliphatic rings. The van der Waals surface area contributed by atoms with Crippen LogP contribution in [0.15, 0.2) is 36.7 Å². The van der Waals surface area contributed by atoms with Gasteiger partial charge in [-0.3, -0.25) is 34.3 Å². The molecule has 4 amide bonds. The van der Waals surface area contributed by atoms with Crippen molar-refractivity contribution in [3.8, 4) is 0 Å². The molecule has 3 aromatic rings. The van der Waals surface area contributed by atoms with Gasteiger partial charge in [0, 0.05) is 86.0 Å². The lowest BCUT2D eigenvalue weighted by Gasteiger charge is -2.38. The Morgan fingerprint density at radius 3 is 2.48 bits per heavy atom. The Hall–Kier alpha value is -4.62. The summed E-state index contributed by atoms with van der Waals surface area (Å²) in [4.78, 5) is 54.5. The van der Waals surface area contributed by atoms with Crippen molar-refractivity contribution >= 4 is 35.0 Å². The first kappa shape index (κ1) is 32.6. The smallest absolute Gasteiger partial charge is 0.276 e. The van der Waals surface area contributed by atoms with Crippen LogP contribution in [0.3, 0.4) is 0 Å². The first-order chi connectivity index (χ1) is 24.0. The maximum absolute atomic E-state index is 14.3. The zero-order valence-electron chi connectivity index (χ0n) is 28.1. The molecular weight excluding hydrogens is 646 g/mol. The van der Waals surface area contributed by atoms with E-state index in [1.165, 1.54) is 0 Å². The topological polar surface area (TPSA) is 145 Å². The molecule has 1 aromatic carbocycles. The Morgan fingerprint density at radius 1 is 1.02 bits per heavy atom. The minimum absolute atomic E-state index is 0.00763. The summed E-state index contributed by atoms with van der Waals surface area (Å²) >= 11 is 0. The summed E-state index contributed by atoms with van der Waals surface area (Å²) < 4.78 is 30.4. The number of H-pyrrole nitrogens is 1. The maximum atomic E-state index is 14.3. The van der Waals surface area contributed by atoms with Gasteiger partial charge in [0.1, 0.15) is 0 Å². The van der Waals surface area contributed by atoms with Gasteiger partial charge in [-0.25, -0.2) is 8.78 Å². The summed E-state index contributed by atoms with van der Waals surface area (Å²) in [6.45, 7) is 5.27. The van der Waals surface area contributed by atoms with Crippen LogP contribution in [0.25, 0.3) is 0 Å². The van der Waals surface area contributed by atoms with E-state index in [1.54, 1.807) is 24.0 Å². The standard InChI is InChI=1S/C36H42F2N8O4/c1-35-17-28-27(16-29(35)36(35,37)38)31(43-42-28)33(49)40-24-18-39-46(20-24)19-21-8-12-45(13-9-21)34(50)23-10-14-44(15-11-23)25-4-2-22(3-5-25)26-6-7-30(47)41-32(26)48/h2-5,18,20-21,23,26,29H,6-17,19H2,1H3,(H,40,49)(H,42,43)(H,41,47,48)/t26-,29+,35-/m1/s1. The molecule has 1 saturated carbocycles. The number of likely N-dealkylation sites (tertiary alicyclic amines) is 1. The second kappa shape index (κ2) is 12.3. The number of hydrogen-bond donors (Lipinski definition) is 3. The summed E-state index contributed by atoms with van der Waals surface area (Å²) in [6, 6.07) is 8.00. The number of carbonyl (C=O) groups is 4. The number of amides is 4. The predicted molar refractivity (Wildman–Crippen MR) is 179 cm³/mol. The second-order valence-electron chi connectivity index (χ2n) is 15.0. The zero-order valence-corrected chi connectivity index (χ0v) is 28.1. The minimum Gasteiger partial charge on any atom is -0.371 e. The van der Waals surface area contributed by atoms with Crippen LogP contribution in [0.2, 0.25) is 0 Å². The van der Waals surface area contributed by atoms with Crippen molar-refractivity contribution in [2.24, 2.45) is 23.2 Å². The highest BCUT2D eigenvalue weighted by Crippen LogP contribution is 2.70. The van der Waals surface area contributed by atoms with E-state index in [-0.39, 0.29) is 48.1 Å². The van der Waals surface area contributed by atoms with Crippen molar-refractivity contribution in [1.82, 2.24) is 30.2 Å². The number of fused-ring (bicyclic) bond motifs is 2. The molecule has 50 heavy (non-hydrogen) atoms. The Morgan fingerprint density at radius 2 is 1.76 bits per heavy atom. The molecule has 3 aliphatic heterocycles. The number of carbonyl (C=O) groups excluding carboxylic acids is 4. The quantitative estimate of drug-likeness (QED) is 0.320. The molecule has 2 aliphatic carbocycles. The molecule has 0 spiro atoms. The summed E-state index contributed by atoms with van der Waals surface area (Å²) in [5.41, 5.74) is 2.83. The molecule has 4 fully saturated rings. The van der Waals surface area contributed by atoms with Crippen molar-refractivity contribution in [2.45, 2.75) is 76.7 Å². The highest BCUT2D eigenvalue weighted by atomic mass is 19.3. The monoisotopic (exact) mass is 688 g/mol. The van der Waals surface area contributed by atoms with Crippen LogP contribution in [-0.2, 0) is 33.8 Å². The molecule has 3 saturated heterocycles. The van der Waals surface area contributed by atoms with Gasteiger partial charge in [-0.1, -0.05) is 19.1 Å². The first-order valence-corrected chi connectivity index (χ1v) is 17.8. The molecule has 3 N–H and O–H groups in total. The Bertz CT molecular complexity index is 1820. The number of aromatic amines is 1. The van der Waals surface area contributed by atoms with Gasteiger partial charge in [-0.2, -0.15) is 10.2 Å². The van der Waals surface area contributed by atoms with Crippen molar-refractivity contribution in [2.75, 3.05) is 36.4 Å². The van der Waals surface area contributed by atoms with Gasteiger partial charge in [0.15, 0.2) is 5.69 Å². The average molecular weight is 689 g/mol. The largest absolute Gasteiger partial charge is 0.371 e. The molecule has 12 nitrogen and oxygen atoms in total. The van der Waals surface area contributed by atoms with Crippen LogP contribution in [-0.4, -0.2) is 80.6 Å². The van der Waals surface area contributed by atoms with E-state index in [4.69, 9.17) is 0 Å². The highest BCUT2D eigenvalue weighted by Gasteiger charge is 2.78. The number of piperidine rings is 3. The summed E-state index contributed by atoms with van der Waals surface area (Å²) in [6.07, 6.45) is 7.91. The van der Waals surface area contributed by atoms with Crippen LogP contribution in [0, 0.1) is 23.2 Å². The third-order valence-electron chi connectivity index (χ3n) is 12.0. The fourth-order valence-electron chi connectivity index (χ4n) is 8.69. The maximum Gasteiger partial charge on any atom is 0.276 e. The number of alkyl halides is 2. The van der Waals surface area contributed by atoms with E-state index < -0.39 is 23.2 Å². The lowest BCUT2D eigenvalue weighted by atomic mass is 9.87. The molecule has 5 heterocycles. The molecule has 2 aromatic heterocycles. The number of rotatable bonds is 7. The van der Waals surface area contributed by atoms with Crippen molar-refractivity contribution in [3.63, 3.8) is 0 Å². The van der Waals surface area contributed by atoms with E-state index in [1.807, 2.05) is 29.2 Å². The van der Waals surface area contributed by atoms with Crippen LogP contribution in [0.1, 0.15) is 78.7 Å². The third-order valence-corrected chi connectivity index (χ3v) is 12.0. The van der Waals surface area contributed by atoms with E-state index in [2.05, 4.69) is 30.8 Å². The number of imide groups is 1. The first-order valence-electron chi connectivity index (χ1n) is 17.8. The fourth-order valence-corrected chi connectivity index (χ4v) is 8.69. The number of hydrogen-bond acceptors (Lipinski definition) is 7. The minimum atomic E-state index is -2.72. The van der Waals surface area contributed by atoms with Crippen molar-refractivity contribution in [3.05, 3.63) is 59.2 Å². The highest BCUT2D eigenvalue weighted by molar-refractivity contribution is 6.04. The predicted octanol–water partition coefficient (Wildman–Crippen LogP) is 3.90. The van der Waals surface area contributed by atoms with Crippen LogP contribution < -0.4 is 15.5 Å². The summed E-state index contributed by atoms with van der Waals surface area (Å²) in [5.74, 6) is -4.06. The number of nitrogens with one attached hydrogen (secondary N) is 3. The molecule has 0 bridgehead atoms. The van der Waals surface area contributed by atoms with Crippen molar-refractivity contribution < 1.29 is 28.0 Å². The average Bonchev–Trinajstić information content (AvgIpc) is 3.51. The fraction of sp³-hybridized carbons (Fsp3) is 0.556. The normalized spacial score (nSPS) is 26.6. The Kier molecular flexibility index (Phi) is 8.02. The summed E-state index contributed by atoms with van der Waals surface area (Å²) in [7, 11) is 0. The van der Waals surface area contributed by atoms with E-state index in [0.29, 0.717) is 55.3 Å². The number of halogens is 2. The Labute approximate surface area is 288 Å². The molecule has 264 valence electrons. The molecule has 14 heteroatoms. The third kappa shape index (κ3) is 5.75.